The Morgan fingerprint density at radius 3 is 2.89 bits per heavy atom. The highest BCUT2D eigenvalue weighted by Gasteiger charge is 2.08. The predicted molar refractivity (Wildman–Crippen MR) is 74.6 cm³/mol. The molecule has 0 aliphatic heterocycles. The first-order valence-corrected chi connectivity index (χ1v) is 6.89. The quantitative estimate of drug-likeness (QED) is 0.866. The van der Waals surface area contributed by atoms with E-state index in [1.807, 2.05) is 17.8 Å². The van der Waals surface area contributed by atoms with Crippen molar-refractivity contribution in [1.82, 2.24) is 15.0 Å². The van der Waals surface area contributed by atoms with Crippen LogP contribution in [0.4, 0.5) is 11.6 Å². The number of nitrogens with one attached hydrogen (secondary N) is 1. The Morgan fingerprint density at radius 1 is 1.39 bits per heavy atom. The first-order valence-electron chi connectivity index (χ1n) is 5.94. The van der Waals surface area contributed by atoms with Crippen LogP contribution in [0.3, 0.4) is 0 Å². The number of hydrogen-bond acceptors (Lipinski definition) is 6. The molecule has 0 aliphatic carbocycles. The minimum atomic E-state index is 0.550. The van der Waals surface area contributed by atoms with Crippen molar-refractivity contribution < 1.29 is 0 Å². The van der Waals surface area contributed by atoms with Gasteiger partial charge in [-0.15, -0.1) is 11.3 Å². The van der Waals surface area contributed by atoms with E-state index in [2.05, 4.69) is 27.2 Å². The van der Waals surface area contributed by atoms with Crippen LogP contribution in [0, 0.1) is 6.92 Å². The molecular weight excluding hydrogens is 246 g/mol. The maximum absolute atomic E-state index is 5.90. The average Bonchev–Trinajstić information content (AvgIpc) is 2.85. The van der Waals surface area contributed by atoms with Crippen LogP contribution in [0.5, 0.6) is 0 Å². The van der Waals surface area contributed by atoms with Crippen LogP contribution in [-0.4, -0.2) is 15.0 Å². The number of nitrogens with zero attached hydrogens (tertiary/aromatic N) is 3. The number of aryl methyl sites for hydroxylation is 1. The van der Waals surface area contributed by atoms with Gasteiger partial charge in [0.25, 0.3) is 0 Å². The Morgan fingerprint density at radius 2 is 2.22 bits per heavy atom. The Hall–Kier alpha value is -1.69. The van der Waals surface area contributed by atoms with Gasteiger partial charge in [-0.1, -0.05) is 6.92 Å². The summed E-state index contributed by atoms with van der Waals surface area (Å²) in [6.45, 7) is 4.68. The van der Waals surface area contributed by atoms with Crippen molar-refractivity contribution in [3.8, 4) is 0 Å². The molecule has 0 aliphatic rings. The van der Waals surface area contributed by atoms with Gasteiger partial charge in [0, 0.05) is 17.4 Å². The van der Waals surface area contributed by atoms with Crippen molar-refractivity contribution in [2.45, 2.75) is 33.2 Å². The minimum Gasteiger partial charge on any atom is -0.383 e. The highest BCUT2D eigenvalue weighted by atomic mass is 32.1. The van der Waals surface area contributed by atoms with Crippen LogP contribution in [0.2, 0.25) is 0 Å². The summed E-state index contributed by atoms with van der Waals surface area (Å²) in [5.74, 6) is 2.15. The molecule has 2 aromatic rings. The van der Waals surface area contributed by atoms with Gasteiger partial charge in [0.2, 0.25) is 0 Å². The zero-order valence-electron chi connectivity index (χ0n) is 10.6. The zero-order chi connectivity index (χ0) is 13.0. The van der Waals surface area contributed by atoms with Crippen molar-refractivity contribution in [3.63, 3.8) is 0 Å². The van der Waals surface area contributed by atoms with Gasteiger partial charge in [0.05, 0.1) is 17.7 Å². The summed E-state index contributed by atoms with van der Waals surface area (Å²) in [5.41, 5.74) is 9.62. The van der Waals surface area contributed by atoms with Crippen LogP contribution in [-0.2, 0) is 13.0 Å². The molecule has 0 fully saturated rings. The van der Waals surface area contributed by atoms with E-state index in [9.17, 15) is 0 Å². The van der Waals surface area contributed by atoms with Crippen molar-refractivity contribution in [2.24, 2.45) is 0 Å². The van der Waals surface area contributed by atoms with Gasteiger partial charge in [-0.25, -0.2) is 15.0 Å². The van der Waals surface area contributed by atoms with Gasteiger partial charge >= 0.3 is 0 Å². The van der Waals surface area contributed by atoms with E-state index in [-0.39, 0.29) is 0 Å². The molecule has 2 heterocycles. The van der Waals surface area contributed by atoms with Crippen molar-refractivity contribution in [2.75, 3.05) is 11.1 Å². The Labute approximate surface area is 111 Å². The molecule has 3 N–H and O–H groups in total. The molecule has 0 saturated carbocycles. The molecule has 6 heteroatoms. The average molecular weight is 263 g/mol. The predicted octanol–water partition coefficient (Wildman–Crippen LogP) is 2.39. The molecule has 2 aromatic heterocycles. The summed E-state index contributed by atoms with van der Waals surface area (Å²) in [6, 6.07) is 0. The number of rotatable bonds is 5. The van der Waals surface area contributed by atoms with Gasteiger partial charge in [0.1, 0.15) is 17.5 Å². The molecule has 18 heavy (non-hydrogen) atoms. The lowest BCUT2D eigenvalue weighted by Crippen LogP contribution is -2.09. The fraction of sp³-hybridized carbons (Fsp3) is 0.417. The lowest BCUT2D eigenvalue weighted by Gasteiger charge is -2.11. The van der Waals surface area contributed by atoms with Gasteiger partial charge in [-0.05, 0) is 13.3 Å². The number of nitrogen functional groups attached to an aromatic ring is 1. The van der Waals surface area contributed by atoms with Gasteiger partial charge in [-0.2, -0.15) is 0 Å². The van der Waals surface area contributed by atoms with Gasteiger partial charge < -0.3 is 11.1 Å². The molecule has 2 rings (SSSR count). The number of anilines is 2. The van der Waals surface area contributed by atoms with Crippen LogP contribution in [0.25, 0.3) is 0 Å². The molecule has 0 amide bonds. The summed E-state index contributed by atoms with van der Waals surface area (Å²) in [5, 5.41) is 5.28. The van der Waals surface area contributed by atoms with E-state index >= 15 is 0 Å². The van der Waals surface area contributed by atoms with Crippen LogP contribution in [0.1, 0.15) is 30.4 Å². The van der Waals surface area contributed by atoms with E-state index in [4.69, 9.17) is 5.73 Å². The zero-order valence-corrected chi connectivity index (χ0v) is 11.4. The first kappa shape index (κ1) is 12.8. The highest BCUT2D eigenvalue weighted by Crippen LogP contribution is 2.18. The summed E-state index contributed by atoms with van der Waals surface area (Å²) >= 11 is 1.58. The van der Waals surface area contributed by atoms with E-state index in [1.54, 1.807) is 11.3 Å². The molecule has 0 radical (unpaired) electrons. The second kappa shape index (κ2) is 5.77. The van der Waals surface area contributed by atoms with Crippen LogP contribution < -0.4 is 11.1 Å². The lowest BCUT2D eigenvalue weighted by atomic mass is 10.2. The van der Waals surface area contributed by atoms with Crippen LogP contribution >= 0.6 is 11.3 Å². The summed E-state index contributed by atoms with van der Waals surface area (Å²) in [4.78, 5) is 13.0. The topological polar surface area (TPSA) is 76.7 Å². The SMILES string of the molecule is CCCc1nc(N)c(C)c(NCc2cscn2)n1. The molecule has 0 spiro atoms. The molecular formula is C12H17N5S. The minimum absolute atomic E-state index is 0.550. The van der Waals surface area contributed by atoms with Gasteiger partial charge in [-0.3, -0.25) is 0 Å². The summed E-state index contributed by atoms with van der Waals surface area (Å²) < 4.78 is 0. The van der Waals surface area contributed by atoms with Crippen molar-refractivity contribution in [3.05, 3.63) is 28.0 Å². The molecule has 0 atom stereocenters. The third-order valence-corrected chi connectivity index (χ3v) is 3.26. The number of nitrogens with two attached hydrogens (primary N) is 1. The molecule has 0 saturated heterocycles. The first-order chi connectivity index (χ1) is 8.70. The Bertz CT molecular complexity index is 509. The molecule has 5 nitrogen and oxygen atoms in total. The molecule has 0 aromatic carbocycles. The Kier molecular flexibility index (Phi) is 4.09. The third kappa shape index (κ3) is 2.95. The smallest absolute Gasteiger partial charge is 0.135 e. The van der Waals surface area contributed by atoms with Crippen molar-refractivity contribution in [1.29, 1.82) is 0 Å². The summed E-state index contributed by atoms with van der Waals surface area (Å²) in [6.07, 6.45) is 1.85. The third-order valence-electron chi connectivity index (χ3n) is 2.62. The highest BCUT2D eigenvalue weighted by molar-refractivity contribution is 7.07. The largest absolute Gasteiger partial charge is 0.383 e. The lowest BCUT2D eigenvalue weighted by molar-refractivity contribution is 0.832. The van der Waals surface area contributed by atoms with Crippen LogP contribution in [0.15, 0.2) is 10.9 Å². The molecule has 96 valence electrons. The van der Waals surface area contributed by atoms with E-state index < -0.39 is 0 Å². The van der Waals surface area contributed by atoms with Gasteiger partial charge in [0.15, 0.2) is 0 Å². The fourth-order valence-electron chi connectivity index (χ4n) is 1.59. The summed E-state index contributed by atoms with van der Waals surface area (Å²) in [7, 11) is 0. The monoisotopic (exact) mass is 263 g/mol. The number of thiazole rings is 1. The fourth-order valence-corrected chi connectivity index (χ4v) is 2.15. The molecule has 0 unspecified atom stereocenters. The van der Waals surface area contributed by atoms with E-state index in [0.29, 0.717) is 12.4 Å². The van der Waals surface area contributed by atoms with E-state index in [1.165, 1.54) is 0 Å². The number of aromatic nitrogens is 3. The standard InChI is InChI=1S/C12H17N5S/c1-3-4-10-16-11(13)8(2)12(17-10)14-5-9-6-18-7-15-9/h6-7H,3-5H2,1-2H3,(H3,13,14,16,17). The number of hydrogen-bond donors (Lipinski definition) is 2. The Balaban J connectivity index is 2.15. The van der Waals surface area contributed by atoms with Crippen molar-refractivity contribution >= 4 is 23.0 Å². The molecule has 0 bridgehead atoms. The second-order valence-electron chi connectivity index (χ2n) is 4.08. The maximum atomic E-state index is 5.90. The van der Waals surface area contributed by atoms with E-state index in [0.717, 1.165) is 35.7 Å². The normalized spacial score (nSPS) is 10.6. The maximum Gasteiger partial charge on any atom is 0.135 e. The second-order valence-corrected chi connectivity index (χ2v) is 4.80.